The topological polar surface area (TPSA) is 61.8 Å². The smallest absolute Gasteiger partial charge is 0.333 e. The van der Waals surface area contributed by atoms with E-state index < -0.39 is 14.3 Å². The largest absolute Gasteiger partial charge is 0.478 e. The van der Waals surface area contributed by atoms with Gasteiger partial charge in [-0.05, 0) is 62.3 Å². The van der Waals surface area contributed by atoms with Crippen molar-refractivity contribution in [2.45, 2.75) is 63.2 Å². The van der Waals surface area contributed by atoms with E-state index in [0.717, 1.165) is 48.9 Å². The Bertz CT molecular complexity index is 1100. The first-order valence-electron chi connectivity index (χ1n) is 12.7. The van der Waals surface area contributed by atoms with E-state index in [1.807, 2.05) is 18.2 Å². The summed E-state index contributed by atoms with van der Waals surface area (Å²) in [4.78, 5) is 15.2. The molecule has 3 atom stereocenters. The van der Waals surface area contributed by atoms with Crippen molar-refractivity contribution in [2.24, 2.45) is 5.92 Å². The molecule has 2 heterocycles. The monoisotopic (exact) mass is 476 g/mol. The van der Waals surface area contributed by atoms with Crippen LogP contribution in [0.4, 0.5) is 11.4 Å². The fourth-order valence-corrected chi connectivity index (χ4v) is 8.41. The minimum atomic E-state index is -1.84. The van der Waals surface area contributed by atoms with Crippen LogP contribution in [-0.2, 0) is 14.6 Å². The van der Waals surface area contributed by atoms with Gasteiger partial charge in [0, 0.05) is 30.0 Å². The van der Waals surface area contributed by atoms with Crippen LogP contribution in [0.2, 0.25) is 19.1 Å². The fraction of sp³-hybridized carbons (Fsp3) is 0.464. The average molecular weight is 477 g/mol. The normalized spacial score (nSPS) is 25.8. The number of para-hydroxylation sites is 2. The van der Waals surface area contributed by atoms with Gasteiger partial charge in [0.25, 0.3) is 0 Å². The number of benzene rings is 2. The van der Waals surface area contributed by atoms with Gasteiger partial charge in [0.15, 0.2) is 8.32 Å². The molecule has 2 aromatic carbocycles. The van der Waals surface area contributed by atoms with E-state index in [1.165, 1.54) is 12.0 Å². The predicted octanol–water partition coefficient (Wildman–Crippen LogP) is 5.82. The Kier molecular flexibility index (Phi) is 6.17. The van der Waals surface area contributed by atoms with Gasteiger partial charge in [-0.15, -0.1) is 0 Å². The third kappa shape index (κ3) is 3.72. The molecular formula is C28H36N2O3Si. The van der Waals surface area contributed by atoms with Gasteiger partial charge in [0.05, 0.1) is 16.7 Å². The highest BCUT2D eigenvalue weighted by molar-refractivity contribution is 6.71. The molecule has 34 heavy (non-hydrogen) atoms. The predicted molar refractivity (Wildman–Crippen MR) is 139 cm³/mol. The van der Waals surface area contributed by atoms with Crippen molar-refractivity contribution in [3.05, 3.63) is 71.4 Å². The molecule has 2 N–H and O–H groups in total. The summed E-state index contributed by atoms with van der Waals surface area (Å²) in [5.74, 6) is -0.944. The lowest BCUT2D eigenvalue weighted by molar-refractivity contribution is -0.133. The van der Waals surface area contributed by atoms with Crippen LogP contribution in [0.15, 0.2) is 65.9 Å². The first kappa shape index (κ1) is 23.3. The van der Waals surface area contributed by atoms with Gasteiger partial charge < -0.3 is 19.7 Å². The number of nitrogens with one attached hydrogen (secondary N) is 1. The Labute approximate surface area is 204 Å². The van der Waals surface area contributed by atoms with Gasteiger partial charge in [-0.1, -0.05) is 56.2 Å². The Morgan fingerprint density at radius 2 is 1.91 bits per heavy atom. The molecule has 0 amide bonds. The van der Waals surface area contributed by atoms with Crippen molar-refractivity contribution >= 4 is 25.7 Å². The number of hydrogen-bond donors (Lipinski definition) is 2. The van der Waals surface area contributed by atoms with Gasteiger partial charge in [0.1, 0.15) is 0 Å². The number of rotatable bonds is 8. The number of anilines is 2. The van der Waals surface area contributed by atoms with E-state index >= 15 is 0 Å². The number of aliphatic carboxylic acids is 1. The molecule has 1 fully saturated rings. The molecule has 0 bridgehead atoms. The van der Waals surface area contributed by atoms with E-state index in [9.17, 15) is 9.90 Å². The summed E-state index contributed by atoms with van der Waals surface area (Å²) in [6, 6.07) is 20.0. The second-order valence-corrected chi connectivity index (χ2v) is 14.9. The molecular weight excluding hydrogens is 440 g/mol. The SMILES string of the molecule is CCCC[Si](C)(C)OCC1CC2NCCC23C(=C1C(=O)O)N(c1ccccc1)c1ccccc13. The molecule has 0 saturated carbocycles. The van der Waals surface area contributed by atoms with E-state index in [-0.39, 0.29) is 17.4 Å². The van der Waals surface area contributed by atoms with E-state index in [4.69, 9.17) is 4.43 Å². The van der Waals surface area contributed by atoms with Crippen LogP contribution in [-0.4, -0.2) is 38.6 Å². The Balaban J connectivity index is 1.65. The minimum Gasteiger partial charge on any atom is -0.478 e. The zero-order valence-corrected chi connectivity index (χ0v) is 21.5. The quantitative estimate of drug-likeness (QED) is 0.470. The maximum absolute atomic E-state index is 13.0. The summed E-state index contributed by atoms with van der Waals surface area (Å²) in [5.41, 5.74) is 4.56. The van der Waals surface area contributed by atoms with Gasteiger partial charge >= 0.3 is 5.97 Å². The van der Waals surface area contributed by atoms with Crippen LogP contribution in [0, 0.1) is 5.92 Å². The molecule has 1 saturated heterocycles. The maximum atomic E-state index is 13.0. The highest BCUT2D eigenvalue weighted by atomic mass is 28.4. The molecule has 3 aliphatic rings. The lowest BCUT2D eigenvalue weighted by Crippen LogP contribution is -2.50. The summed E-state index contributed by atoms with van der Waals surface area (Å²) in [7, 11) is -1.84. The number of unbranched alkanes of at least 4 members (excludes halogenated alkanes) is 1. The van der Waals surface area contributed by atoms with Crippen molar-refractivity contribution < 1.29 is 14.3 Å². The lowest BCUT2D eigenvalue weighted by atomic mass is 9.64. The second-order valence-electron chi connectivity index (χ2n) is 10.6. The number of carboxylic acid groups (broad SMARTS) is 1. The molecule has 1 aliphatic carbocycles. The number of fused-ring (bicyclic) bond motifs is 1. The van der Waals surface area contributed by atoms with Crippen LogP contribution in [0.3, 0.4) is 0 Å². The van der Waals surface area contributed by atoms with E-state index in [1.54, 1.807) is 0 Å². The molecule has 3 unspecified atom stereocenters. The highest BCUT2D eigenvalue weighted by Gasteiger charge is 2.60. The number of carboxylic acids is 1. The van der Waals surface area contributed by atoms with Crippen molar-refractivity contribution in [1.29, 1.82) is 0 Å². The van der Waals surface area contributed by atoms with Crippen molar-refractivity contribution in [2.75, 3.05) is 18.1 Å². The average Bonchev–Trinajstić information content (AvgIpc) is 3.39. The fourth-order valence-electron chi connectivity index (χ4n) is 6.41. The summed E-state index contributed by atoms with van der Waals surface area (Å²) in [5, 5.41) is 14.4. The van der Waals surface area contributed by atoms with Crippen molar-refractivity contribution in [1.82, 2.24) is 5.32 Å². The summed E-state index contributed by atoms with van der Waals surface area (Å²) >= 11 is 0. The van der Waals surface area contributed by atoms with Gasteiger partial charge in [0.2, 0.25) is 0 Å². The number of carbonyl (C=O) groups is 1. The summed E-state index contributed by atoms with van der Waals surface area (Å²) < 4.78 is 6.56. The summed E-state index contributed by atoms with van der Waals surface area (Å²) in [6.45, 7) is 8.11. The van der Waals surface area contributed by atoms with Gasteiger partial charge in [-0.25, -0.2) is 4.79 Å². The molecule has 0 aromatic heterocycles. The molecule has 5 nitrogen and oxygen atoms in total. The third-order valence-corrected chi connectivity index (χ3v) is 10.5. The Morgan fingerprint density at radius 1 is 1.18 bits per heavy atom. The zero-order valence-electron chi connectivity index (χ0n) is 20.5. The van der Waals surface area contributed by atoms with E-state index in [0.29, 0.717) is 12.2 Å². The highest BCUT2D eigenvalue weighted by Crippen LogP contribution is 2.60. The summed E-state index contributed by atoms with van der Waals surface area (Å²) in [6.07, 6.45) is 4.03. The van der Waals surface area contributed by atoms with Crippen molar-refractivity contribution in [3.8, 4) is 0 Å². The zero-order chi connectivity index (χ0) is 23.9. The third-order valence-electron chi connectivity index (χ3n) is 8.01. The molecule has 2 aromatic rings. The molecule has 6 heteroatoms. The molecule has 1 spiro atoms. The van der Waals surface area contributed by atoms with Gasteiger partial charge in [-0.2, -0.15) is 0 Å². The number of nitrogens with zero attached hydrogens (tertiary/aromatic N) is 1. The van der Waals surface area contributed by atoms with Crippen LogP contribution >= 0.6 is 0 Å². The van der Waals surface area contributed by atoms with Crippen LogP contribution in [0.25, 0.3) is 0 Å². The second kappa shape index (κ2) is 8.99. The molecule has 5 rings (SSSR count). The van der Waals surface area contributed by atoms with Crippen LogP contribution in [0.1, 0.15) is 38.2 Å². The first-order chi connectivity index (χ1) is 16.4. The van der Waals surface area contributed by atoms with Gasteiger partial charge in [-0.3, -0.25) is 0 Å². The van der Waals surface area contributed by atoms with E-state index in [2.05, 4.69) is 66.6 Å². The van der Waals surface area contributed by atoms with Crippen LogP contribution < -0.4 is 10.2 Å². The molecule has 2 aliphatic heterocycles. The number of hydrogen-bond acceptors (Lipinski definition) is 4. The minimum absolute atomic E-state index is 0.134. The molecule has 180 valence electrons. The maximum Gasteiger partial charge on any atom is 0.333 e. The Morgan fingerprint density at radius 3 is 2.65 bits per heavy atom. The lowest BCUT2D eigenvalue weighted by Gasteiger charge is -2.43. The Hall–Kier alpha value is -2.41. The standard InChI is InChI=1S/C28H36N2O3Si/c1-4-5-17-34(2,3)33-19-20-18-24-28(15-16-29-24)22-13-9-10-14-23(22)30(21-11-7-6-8-12-21)26(28)25(20)27(31)32/h6-14,20,24,29H,4-5,15-19H2,1-3H3,(H,31,32). The van der Waals surface area contributed by atoms with Crippen molar-refractivity contribution in [3.63, 3.8) is 0 Å². The first-order valence-corrected chi connectivity index (χ1v) is 15.8. The molecule has 0 radical (unpaired) electrons. The van der Waals surface area contributed by atoms with Crippen LogP contribution in [0.5, 0.6) is 0 Å².